The molecule has 2 rings (SSSR count). The second-order valence-electron chi connectivity index (χ2n) is 3.98. The highest BCUT2D eigenvalue weighted by atomic mass is 16.1. The molecule has 1 heterocycles. The van der Waals surface area contributed by atoms with Gasteiger partial charge in [-0.05, 0) is 50.7 Å². The number of aromatic nitrogens is 1. The molecule has 0 saturated heterocycles. The van der Waals surface area contributed by atoms with Gasteiger partial charge in [-0.1, -0.05) is 0 Å². The molecule has 0 unspecified atom stereocenters. The standard InChI is InChI=1S/C13H16N2O/c1-9(16)10-3-4-13-12(7-10)11(8-15-13)5-6-14-2/h3-4,7-8,14-15H,5-6H2,1-2H3. The van der Waals surface area contributed by atoms with Gasteiger partial charge in [-0.2, -0.15) is 0 Å². The minimum Gasteiger partial charge on any atom is -0.361 e. The summed E-state index contributed by atoms with van der Waals surface area (Å²) in [5.41, 5.74) is 3.13. The van der Waals surface area contributed by atoms with Gasteiger partial charge in [-0.3, -0.25) is 4.79 Å². The van der Waals surface area contributed by atoms with E-state index < -0.39 is 0 Å². The van der Waals surface area contributed by atoms with Gasteiger partial charge < -0.3 is 10.3 Å². The lowest BCUT2D eigenvalue weighted by atomic mass is 10.1. The van der Waals surface area contributed by atoms with Crippen molar-refractivity contribution in [1.29, 1.82) is 0 Å². The van der Waals surface area contributed by atoms with E-state index in [4.69, 9.17) is 0 Å². The highest BCUT2D eigenvalue weighted by Gasteiger charge is 2.06. The van der Waals surface area contributed by atoms with Crippen LogP contribution in [0, 0.1) is 0 Å². The first-order chi connectivity index (χ1) is 7.72. The van der Waals surface area contributed by atoms with E-state index in [9.17, 15) is 4.79 Å². The van der Waals surface area contributed by atoms with Gasteiger partial charge in [0.1, 0.15) is 0 Å². The quantitative estimate of drug-likeness (QED) is 0.769. The third-order valence-corrected chi connectivity index (χ3v) is 2.82. The fourth-order valence-electron chi connectivity index (χ4n) is 1.86. The highest BCUT2D eigenvalue weighted by Crippen LogP contribution is 2.20. The molecule has 0 aliphatic heterocycles. The first-order valence-corrected chi connectivity index (χ1v) is 5.48. The number of fused-ring (bicyclic) bond motifs is 1. The van der Waals surface area contributed by atoms with Gasteiger partial charge in [-0.25, -0.2) is 0 Å². The van der Waals surface area contributed by atoms with Crippen molar-refractivity contribution in [1.82, 2.24) is 10.3 Å². The molecule has 0 bridgehead atoms. The molecule has 0 aliphatic carbocycles. The molecule has 0 saturated carbocycles. The van der Waals surface area contributed by atoms with Crippen molar-refractivity contribution < 1.29 is 4.79 Å². The van der Waals surface area contributed by atoms with E-state index in [1.807, 2.05) is 31.4 Å². The Morgan fingerprint density at radius 1 is 1.44 bits per heavy atom. The van der Waals surface area contributed by atoms with Crippen LogP contribution in [0.5, 0.6) is 0 Å². The zero-order valence-electron chi connectivity index (χ0n) is 9.63. The molecule has 2 aromatic rings. The van der Waals surface area contributed by atoms with E-state index in [0.29, 0.717) is 0 Å². The second-order valence-corrected chi connectivity index (χ2v) is 3.98. The maximum absolute atomic E-state index is 11.3. The first-order valence-electron chi connectivity index (χ1n) is 5.48. The van der Waals surface area contributed by atoms with E-state index >= 15 is 0 Å². The number of likely N-dealkylation sites (N-methyl/N-ethyl adjacent to an activating group) is 1. The van der Waals surface area contributed by atoms with Crippen LogP contribution in [0.4, 0.5) is 0 Å². The Labute approximate surface area is 94.9 Å². The molecule has 1 aromatic carbocycles. The molecule has 84 valence electrons. The normalized spacial score (nSPS) is 10.9. The number of nitrogens with one attached hydrogen (secondary N) is 2. The van der Waals surface area contributed by atoms with Crippen molar-refractivity contribution >= 4 is 16.7 Å². The van der Waals surface area contributed by atoms with Crippen LogP contribution in [0.15, 0.2) is 24.4 Å². The summed E-state index contributed by atoms with van der Waals surface area (Å²) in [7, 11) is 1.94. The molecule has 1 aromatic heterocycles. The number of hydrogen-bond acceptors (Lipinski definition) is 2. The summed E-state index contributed by atoms with van der Waals surface area (Å²) < 4.78 is 0. The summed E-state index contributed by atoms with van der Waals surface area (Å²) in [6.07, 6.45) is 2.99. The van der Waals surface area contributed by atoms with Gasteiger partial charge in [0.05, 0.1) is 0 Å². The van der Waals surface area contributed by atoms with Crippen molar-refractivity contribution in [3.05, 3.63) is 35.5 Å². The summed E-state index contributed by atoms with van der Waals surface area (Å²) in [4.78, 5) is 14.5. The van der Waals surface area contributed by atoms with Gasteiger partial charge in [0.2, 0.25) is 0 Å². The molecule has 0 fully saturated rings. The van der Waals surface area contributed by atoms with Crippen molar-refractivity contribution in [2.75, 3.05) is 13.6 Å². The predicted octanol–water partition coefficient (Wildman–Crippen LogP) is 2.13. The summed E-state index contributed by atoms with van der Waals surface area (Å²) in [6.45, 7) is 2.54. The van der Waals surface area contributed by atoms with E-state index in [2.05, 4.69) is 10.3 Å². The number of Topliss-reactive ketones (excluding diaryl/α,β-unsaturated/α-hetero) is 1. The average molecular weight is 216 g/mol. The average Bonchev–Trinajstić information content (AvgIpc) is 2.68. The number of ketones is 1. The van der Waals surface area contributed by atoms with E-state index in [1.54, 1.807) is 6.92 Å². The molecule has 0 amide bonds. The SMILES string of the molecule is CNCCc1c[nH]c2ccc(C(C)=O)cc12. The third kappa shape index (κ3) is 1.99. The van der Waals surface area contributed by atoms with Crippen LogP contribution >= 0.6 is 0 Å². The summed E-state index contributed by atoms with van der Waals surface area (Å²) >= 11 is 0. The molecule has 16 heavy (non-hydrogen) atoms. The Morgan fingerprint density at radius 2 is 2.25 bits per heavy atom. The summed E-state index contributed by atoms with van der Waals surface area (Å²) in [5.74, 6) is 0.114. The van der Waals surface area contributed by atoms with Gasteiger partial charge in [0.15, 0.2) is 5.78 Å². The second kappa shape index (κ2) is 4.49. The van der Waals surface area contributed by atoms with Crippen LogP contribution in [-0.4, -0.2) is 24.4 Å². The molecular formula is C13H16N2O. The first kappa shape index (κ1) is 10.9. The Morgan fingerprint density at radius 3 is 2.94 bits per heavy atom. The lowest BCUT2D eigenvalue weighted by Crippen LogP contribution is -2.09. The monoisotopic (exact) mass is 216 g/mol. The fourth-order valence-corrected chi connectivity index (χ4v) is 1.86. The maximum atomic E-state index is 11.3. The van der Waals surface area contributed by atoms with Gasteiger partial charge in [-0.15, -0.1) is 0 Å². The van der Waals surface area contributed by atoms with E-state index in [0.717, 1.165) is 29.4 Å². The van der Waals surface area contributed by atoms with Crippen LogP contribution in [-0.2, 0) is 6.42 Å². The lowest BCUT2D eigenvalue weighted by Gasteiger charge is -2.00. The smallest absolute Gasteiger partial charge is 0.159 e. The fraction of sp³-hybridized carbons (Fsp3) is 0.308. The van der Waals surface area contributed by atoms with Crippen LogP contribution in [0.25, 0.3) is 10.9 Å². The molecule has 0 atom stereocenters. The zero-order chi connectivity index (χ0) is 11.5. The maximum Gasteiger partial charge on any atom is 0.159 e. The number of carbonyl (C=O) groups excluding carboxylic acids is 1. The van der Waals surface area contributed by atoms with Gasteiger partial charge in [0.25, 0.3) is 0 Å². The minimum atomic E-state index is 0.114. The number of rotatable bonds is 4. The zero-order valence-corrected chi connectivity index (χ0v) is 9.63. The molecule has 0 radical (unpaired) electrons. The van der Waals surface area contributed by atoms with E-state index in [1.165, 1.54) is 5.56 Å². The van der Waals surface area contributed by atoms with Crippen molar-refractivity contribution in [2.45, 2.75) is 13.3 Å². The van der Waals surface area contributed by atoms with Crippen molar-refractivity contribution in [3.63, 3.8) is 0 Å². The van der Waals surface area contributed by atoms with Gasteiger partial charge in [0, 0.05) is 22.7 Å². The summed E-state index contributed by atoms with van der Waals surface area (Å²) in [5, 5.41) is 4.28. The number of H-pyrrole nitrogens is 1. The molecule has 2 N–H and O–H groups in total. The van der Waals surface area contributed by atoms with Crippen LogP contribution < -0.4 is 5.32 Å². The molecule has 3 nitrogen and oxygen atoms in total. The third-order valence-electron chi connectivity index (χ3n) is 2.82. The van der Waals surface area contributed by atoms with Crippen LogP contribution in [0.2, 0.25) is 0 Å². The summed E-state index contributed by atoms with van der Waals surface area (Å²) in [6, 6.07) is 5.80. The van der Waals surface area contributed by atoms with Crippen molar-refractivity contribution in [2.24, 2.45) is 0 Å². The number of benzene rings is 1. The number of hydrogen-bond donors (Lipinski definition) is 2. The largest absolute Gasteiger partial charge is 0.361 e. The predicted molar refractivity (Wildman–Crippen MR) is 65.9 cm³/mol. The lowest BCUT2D eigenvalue weighted by molar-refractivity contribution is 0.101. The number of aromatic amines is 1. The molecular weight excluding hydrogens is 200 g/mol. The topological polar surface area (TPSA) is 44.9 Å². The Kier molecular flexibility index (Phi) is 3.06. The van der Waals surface area contributed by atoms with E-state index in [-0.39, 0.29) is 5.78 Å². The van der Waals surface area contributed by atoms with Crippen LogP contribution in [0.3, 0.4) is 0 Å². The minimum absolute atomic E-state index is 0.114. The van der Waals surface area contributed by atoms with Crippen molar-refractivity contribution in [3.8, 4) is 0 Å². The Bertz CT molecular complexity index is 514. The molecule has 0 aliphatic rings. The molecule has 0 spiro atoms. The van der Waals surface area contributed by atoms with Crippen LogP contribution in [0.1, 0.15) is 22.8 Å². The Hall–Kier alpha value is -1.61. The van der Waals surface area contributed by atoms with Gasteiger partial charge >= 0.3 is 0 Å². The highest BCUT2D eigenvalue weighted by molar-refractivity contribution is 5.98. The number of carbonyl (C=O) groups is 1. The Balaban J connectivity index is 2.43. The molecule has 3 heteroatoms.